The van der Waals surface area contributed by atoms with Crippen LogP contribution in [0.2, 0.25) is 0 Å². The second kappa shape index (κ2) is 9.36. The van der Waals surface area contributed by atoms with Crippen molar-refractivity contribution in [3.63, 3.8) is 0 Å². The van der Waals surface area contributed by atoms with Crippen LogP contribution in [0, 0.1) is 0 Å². The Morgan fingerprint density at radius 1 is 1.14 bits per heavy atom. The SMILES string of the molecule is NNC(=O)c1cccnc1.O=C(OC(=O)C(F)F)C(F)F. The Kier molecular flexibility index (Phi) is 8.22. The Morgan fingerprint density at radius 3 is 2.00 bits per heavy atom. The summed E-state index contributed by atoms with van der Waals surface area (Å²) in [7, 11) is 0. The molecule has 0 radical (unpaired) electrons. The summed E-state index contributed by atoms with van der Waals surface area (Å²) in [4.78, 5) is 33.9. The van der Waals surface area contributed by atoms with Gasteiger partial charge < -0.3 is 4.74 Å². The average molecular weight is 311 g/mol. The van der Waals surface area contributed by atoms with E-state index in [1.165, 1.54) is 6.20 Å². The van der Waals surface area contributed by atoms with E-state index in [9.17, 15) is 31.9 Å². The van der Waals surface area contributed by atoms with Crippen LogP contribution in [0.5, 0.6) is 0 Å². The summed E-state index contributed by atoms with van der Waals surface area (Å²) in [6.45, 7) is 0. The topological polar surface area (TPSA) is 111 Å². The van der Waals surface area contributed by atoms with Crippen LogP contribution in [0.4, 0.5) is 17.6 Å². The fourth-order valence-electron chi connectivity index (χ4n) is 0.769. The lowest BCUT2D eigenvalue weighted by molar-refractivity contribution is -0.174. The first-order valence-electron chi connectivity index (χ1n) is 5.02. The Morgan fingerprint density at radius 2 is 1.67 bits per heavy atom. The van der Waals surface area contributed by atoms with Crippen molar-refractivity contribution in [2.45, 2.75) is 12.9 Å². The molecule has 0 fully saturated rings. The summed E-state index contributed by atoms with van der Waals surface area (Å²) in [5.41, 5.74) is 2.47. The van der Waals surface area contributed by atoms with Crippen molar-refractivity contribution >= 4 is 17.8 Å². The lowest BCUT2D eigenvalue weighted by Gasteiger charge is -1.99. The van der Waals surface area contributed by atoms with Gasteiger partial charge in [0.05, 0.1) is 5.56 Å². The predicted molar refractivity (Wildman–Crippen MR) is 59.0 cm³/mol. The molecule has 0 saturated heterocycles. The number of hydrazine groups is 1. The number of hydrogen-bond acceptors (Lipinski definition) is 6. The number of amides is 1. The third-order valence-corrected chi connectivity index (χ3v) is 1.61. The van der Waals surface area contributed by atoms with Gasteiger partial charge in [-0.05, 0) is 12.1 Å². The van der Waals surface area contributed by atoms with Crippen molar-refractivity contribution < 1.29 is 36.7 Å². The summed E-state index contributed by atoms with van der Waals surface area (Å²) in [5, 5.41) is 0. The zero-order chi connectivity index (χ0) is 16.4. The first-order chi connectivity index (χ1) is 9.79. The molecule has 3 N–H and O–H groups in total. The molecule has 1 aromatic rings. The van der Waals surface area contributed by atoms with Crippen LogP contribution >= 0.6 is 0 Å². The highest BCUT2D eigenvalue weighted by Crippen LogP contribution is 2.00. The first kappa shape index (κ1) is 18.4. The summed E-state index contributed by atoms with van der Waals surface area (Å²) < 4.78 is 47.7. The van der Waals surface area contributed by atoms with E-state index in [-0.39, 0.29) is 5.91 Å². The van der Waals surface area contributed by atoms with E-state index < -0.39 is 24.8 Å². The van der Waals surface area contributed by atoms with Gasteiger partial charge in [-0.15, -0.1) is 0 Å². The quantitative estimate of drug-likeness (QED) is 0.207. The lowest BCUT2D eigenvalue weighted by Crippen LogP contribution is -2.29. The third-order valence-electron chi connectivity index (χ3n) is 1.61. The summed E-state index contributed by atoms with van der Waals surface area (Å²) in [6.07, 6.45) is -4.11. The van der Waals surface area contributed by atoms with Crippen molar-refractivity contribution in [2.75, 3.05) is 0 Å². The molecule has 1 aromatic heterocycles. The number of ether oxygens (including phenoxy) is 1. The van der Waals surface area contributed by atoms with Gasteiger partial charge in [0, 0.05) is 12.4 Å². The minimum Gasteiger partial charge on any atom is -0.385 e. The number of hydrogen-bond donors (Lipinski definition) is 2. The molecule has 21 heavy (non-hydrogen) atoms. The Hall–Kier alpha value is -2.56. The molecule has 0 saturated carbocycles. The number of pyridine rings is 1. The highest BCUT2D eigenvalue weighted by atomic mass is 19.3. The molecule has 1 amide bonds. The normalized spacial score (nSPS) is 9.67. The number of nitrogens with zero attached hydrogens (tertiary/aromatic N) is 1. The monoisotopic (exact) mass is 311 g/mol. The largest absolute Gasteiger partial charge is 0.385 e. The molecule has 0 bridgehead atoms. The highest BCUT2D eigenvalue weighted by Gasteiger charge is 2.26. The first-order valence-corrected chi connectivity index (χ1v) is 5.02. The van der Waals surface area contributed by atoms with Crippen LogP contribution in [0.3, 0.4) is 0 Å². The van der Waals surface area contributed by atoms with Gasteiger partial charge in [-0.25, -0.2) is 15.4 Å². The van der Waals surface area contributed by atoms with Gasteiger partial charge in [-0.2, -0.15) is 17.6 Å². The van der Waals surface area contributed by atoms with Crippen LogP contribution in [-0.4, -0.2) is 35.7 Å². The zero-order valence-corrected chi connectivity index (χ0v) is 10.1. The van der Waals surface area contributed by atoms with Gasteiger partial charge >= 0.3 is 24.8 Å². The summed E-state index contributed by atoms with van der Waals surface area (Å²) in [6, 6.07) is 3.31. The van der Waals surface area contributed by atoms with Gasteiger partial charge in [0.25, 0.3) is 5.91 Å². The number of halogens is 4. The van der Waals surface area contributed by atoms with E-state index >= 15 is 0 Å². The number of aromatic nitrogens is 1. The van der Waals surface area contributed by atoms with Crippen LogP contribution < -0.4 is 11.3 Å². The van der Waals surface area contributed by atoms with Crippen molar-refractivity contribution in [2.24, 2.45) is 5.84 Å². The number of rotatable bonds is 3. The van der Waals surface area contributed by atoms with E-state index in [4.69, 9.17) is 5.84 Å². The maximum absolute atomic E-state index is 11.2. The zero-order valence-electron chi connectivity index (χ0n) is 10.1. The van der Waals surface area contributed by atoms with E-state index in [2.05, 4.69) is 9.72 Å². The molecule has 1 heterocycles. The molecule has 11 heteroatoms. The van der Waals surface area contributed by atoms with Crippen LogP contribution in [0.25, 0.3) is 0 Å². The number of nitrogens with one attached hydrogen (secondary N) is 1. The Bertz CT molecular complexity index is 466. The van der Waals surface area contributed by atoms with E-state index in [1.807, 2.05) is 5.43 Å². The number of nitrogens with two attached hydrogens (primary N) is 1. The van der Waals surface area contributed by atoms with Crippen molar-refractivity contribution in [3.8, 4) is 0 Å². The molecule has 0 spiro atoms. The molecular formula is C10H9F4N3O4. The van der Waals surface area contributed by atoms with Crippen LogP contribution in [0.1, 0.15) is 10.4 Å². The second-order valence-electron chi connectivity index (χ2n) is 3.06. The van der Waals surface area contributed by atoms with E-state index in [0.29, 0.717) is 5.56 Å². The lowest BCUT2D eigenvalue weighted by atomic mass is 10.3. The molecule has 0 atom stereocenters. The smallest absolute Gasteiger partial charge is 0.381 e. The fourth-order valence-corrected chi connectivity index (χ4v) is 0.769. The minimum atomic E-state index is -3.57. The molecular weight excluding hydrogens is 302 g/mol. The molecule has 0 aliphatic carbocycles. The van der Waals surface area contributed by atoms with Crippen molar-refractivity contribution in [3.05, 3.63) is 30.1 Å². The number of carbonyl (C=O) groups is 3. The number of carbonyl (C=O) groups excluding carboxylic acids is 3. The van der Waals surface area contributed by atoms with Gasteiger partial charge in [-0.1, -0.05) is 0 Å². The third kappa shape index (κ3) is 7.57. The van der Waals surface area contributed by atoms with Gasteiger partial charge in [-0.3, -0.25) is 15.2 Å². The summed E-state index contributed by atoms with van der Waals surface area (Å²) in [5.74, 6) is 0.0144. The average Bonchev–Trinajstić information content (AvgIpc) is 2.47. The number of nitrogen functional groups attached to an aromatic ring is 1. The van der Waals surface area contributed by atoms with E-state index in [0.717, 1.165) is 0 Å². The Labute approximate surface area is 115 Å². The molecule has 116 valence electrons. The van der Waals surface area contributed by atoms with Gasteiger partial charge in [0.1, 0.15) is 0 Å². The van der Waals surface area contributed by atoms with Crippen LogP contribution in [-0.2, 0) is 14.3 Å². The highest BCUT2D eigenvalue weighted by molar-refractivity contribution is 5.93. The van der Waals surface area contributed by atoms with E-state index in [1.54, 1.807) is 18.3 Å². The maximum Gasteiger partial charge on any atom is 0.381 e. The van der Waals surface area contributed by atoms with Gasteiger partial charge in [0.15, 0.2) is 0 Å². The standard InChI is InChI=1S/C6H7N3O.C4H2F4O3/c7-9-6(10)5-2-1-3-8-4-5;5-1(6)3(9)11-4(10)2(7)8/h1-4H,7H2,(H,9,10);1-2H. The predicted octanol–water partition coefficient (Wildman–Crippen LogP) is 0.271. The molecule has 0 unspecified atom stereocenters. The molecule has 0 aliphatic rings. The molecule has 0 aliphatic heterocycles. The van der Waals surface area contributed by atoms with Crippen LogP contribution in [0.15, 0.2) is 24.5 Å². The summed E-state index contributed by atoms with van der Waals surface area (Å²) >= 11 is 0. The van der Waals surface area contributed by atoms with Crippen molar-refractivity contribution in [1.29, 1.82) is 0 Å². The minimum absolute atomic E-state index is 0.326. The van der Waals surface area contributed by atoms with Gasteiger partial charge in [0.2, 0.25) is 0 Å². The second-order valence-corrected chi connectivity index (χ2v) is 3.06. The number of esters is 2. The molecule has 7 nitrogen and oxygen atoms in total. The molecule has 0 aromatic carbocycles. The fraction of sp³-hybridized carbons (Fsp3) is 0.200. The maximum atomic E-state index is 11.2. The molecule has 1 rings (SSSR count). The Balaban J connectivity index is 0.000000382. The van der Waals surface area contributed by atoms with Crippen molar-refractivity contribution in [1.82, 2.24) is 10.4 Å². The number of alkyl halides is 4.